The fraction of sp³-hybridized carbons (Fsp3) is 0.462. The van der Waals surface area contributed by atoms with Gasteiger partial charge in [0.15, 0.2) is 0 Å². The molecule has 0 aromatic heterocycles. The topological polar surface area (TPSA) is 75.4 Å². The molecular formula is C13H20N2O2. The summed E-state index contributed by atoms with van der Waals surface area (Å²) in [5.41, 5.74) is 7.79. The summed E-state index contributed by atoms with van der Waals surface area (Å²) in [7, 11) is 0. The molecule has 4 N–H and O–H groups in total. The van der Waals surface area contributed by atoms with Gasteiger partial charge in [-0.1, -0.05) is 19.4 Å². The number of aryl methyl sites for hydroxylation is 1. The van der Waals surface area contributed by atoms with Crippen LogP contribution in [0.15, 0.2) is 12.1 Å². The molecule has 4 heteroatoms. The zero-order chi connectivity index (χ0) is 13.0. The Morgan fingerprint density at radius 2 is 2.12 bits per heavy atom. The van der Waals surface area contributed by atoms with Crippen LogP contribution in [0.1, 0.15) is 30.9 Å². The van der Waals surface area contributed by atoms with Gasteiger partial charge in [-0.2, -0.15) is 0 Å². The Morgan fingerprint density at radius 3 is 2.71 bits per heavy atom. The van der Waals surface area contributed by atoms with Crippen LogP contribution in [0.25, 0.3) is 0 Å². The minimum atomic E-state index is -0.497. The Morgan fingerprint density at radius 1 is 1.47 bits per heavy atom. The largest absolute Gasteiger partial charge is 0.507 e. The summed E-state index contributed by atoms with van der Waals surface area (Å²) in [6, 6.07) is 3.05. The van der Waals surface area contributed by atoms with Crippen molar-refractivity contribution in [1.82, 2.24) is 0 Å². The second kappa shape index (κ2) is 5.68. The molecule has 0 fully saturated rings. The van der Waals surface area contributed by atoms with Crippen LogP contribution in [0, 0.1) is 13.8 Å². The van der Waals surface area contributed by atoms with E-state index in [0.29, 0.717) is 17.7 Å². The molecule has 1 amide bonds. The van der Waals surface area contributed by atoms with Crippen LogP contribution in [-0.4, -0.2) is 17.1 Å². The molecule has 94 valence electrons. The van der Waals surface area contributed by atoms with Gasteiger partial charge in [-0.3, -0.25) is 4.79 Å². The number of hydrogen-bond donors (Lipinski definition) is 3. The number of phenolic OH excluding ortho intramolecular Hbond substituents is 1. The third-order valence-electron chi connectivity index (χ3n) is 2.83. The summed E-state index contributed by atoms with van der Waals surface area (Å²) in [5.74, 6) is 0.00469. The van der Waals surface area contributed by atoms with E-state index in [1.54, 1.807) is 19.1 Å². The van der Waals surface area contributed by atoms with Crippen molar-refractivity contribution in [3.05, 3.63) is 23.3 Å². The van der Waals surface area contributed by atoms with Crippen molar-refractivity contribution >= 4 is 11.6 Å². The Kier molecular flexibility index (Phi) is 4.52. The molecule has 1 rings (SSSR count). The van der Waals surface area contributed by atoms with E-state index in [2.05, 4.69) is 5.32 Å². The van der Waals surface area contributed by atoms with E-state index in [0.717, 1.165) is 12.0 Å². The molecule has 0 aliphatic rings. The van der Waals surface area contributed by atoms with E-state index in [9.17, 15) is 9.90 Å². The van der Waals surface area contributed by atoms with E-state index in [1.807, 2.05) is 13.8 Å². The highest BCUT2D eigenvalue weighted by Gasteiger charge is 2.14. The van der Waals surface area contributed by atoms with Crippen LogP contribution in [0.5, 0.6) is 5.75 Å². The van der Waals surface area contributed by atoms with E-state index in [4.69, 9.17) is 5.73 Å². The summed E-state index contributed by atoms with van der Waals surface area (Å²) in [6.45, 7) is 5.57. The van der Waals surface area contributed by atoms with Gasteiger partial charge >= 0.3 is 0 Å². The molecule has 0 aliphatic carbocycles. The van der Waals surface area contributed by atoms with Gasteiger partial charge in [0.25, 0.3) is 0 Å². The average molecular weight is 236 g/mol. The Labute approximate surface area is 102 Å². The highest BCUT2D eigenvalue weighted by atomic mass is 16.3. The number of amides is 1. The maximum absolute atomic E-state index is 11.7. The van der Waals surface area contributed by atoms with Crippen molar-refractivity contribution in [1.29, 1.82) is 0 Å². The van der Waals surface area contributed by atoms with Crippen molar-refractivity contribution in [3.8, 4) is 5.75 Å². The number of nitrogens with one attached hydrogen (secondary N) is 1. The third-order valence-corrected chi connectivity index (χ3v) is 2.83. The van der Waals surface area contributed by atoms with E-state index < -0.39 is 6.04 Å². The highest BCUT2D eigenvalue weighted by Crippen LogP contribution is 2.28. The third kappa shape index (κ3) is 3.20. The fourth-order valence-corrected chi connectivity index (χ4v) is 1.64. The zero-order valence-electron chi connectivity index (χ0n) is 10.6. The number of phenols is 1. The van der Waals surface area contributed by atoms with Crippen LogP contribution in [0.2, 0.25) is 0 Å². The number of benzene rings is 1. The monoisotopic (exact) mass is 236 g/mol. The summed E-state index contributed by atoms with van der Waals surface area (Å²) in [4.78, 5) is 11.7. The number of rotatable bonds is 4. The quantitative estimate of drug-likeness (QED) is 0.749. The molecule has 0 bridgehead atoms. The SMILES string of the molecule is CCC[C@H](N)C(=O)Nc1ccc(C)c(O)c1C. The maximum Gasteiger partial charge on any atom is 0.241 e. The van der Waals surface area contributed by atoms with Gasteiger partial charge in [-0.25, -0.2) is 0 Å². The van der Waals surface area contributed by atoms with Crippen molar-refractivity contribution in [2.45, 2.75) is 39.7 Å². The standard InChI is InChI=1S/C13H20N2O2/c1-4-5-10(14)13(17)15-11-7-6-8(2)12(16)9(11)3/h6-7,10,16H,4-5,14H2,1-3H3,(H,15,17)/t10-/m0/s1. The van der Waals surface area contributed by atoms with Gasteiger partial charge in [0, 0.05) is 11.3 Å². The van der Waals surface area contributed by atoms with Crippen LogP contribution in [0.3, 0.4) is 0 Å². The molecule has 4 nitrogen and oxygen atoms in total. The molecule has 0 heterocycles. The molecule has 0 unspecified atom stereocenters. The van der Waals surface area contributed by atoms with Crippen molar-refractivity contribution in [2.24, 2.45) is 5.73 Å². The van der Waals surface area contributed by atoms with Crippen LogP contribution >= 0.6 is 0 Å². The smallest absolute Gasteiger partial charge is 0.241 e. The van der Waals surface area contributed by atoms with Gasteiger partial charge in [-0.05, 0) is 31.9 Å². The first-order valence-corrected chi connectivity index (χ1v) is 5.83. The van der Waals surface area contributed by atoms with Gasteiger partial charge in [0.1, 0.15) is 5.75 Å². The highest BCUT2D eigenvalue weighted by molar-refractivity contribution is 5.95. The predicted molar refractivity (Wildman–Crippen MR) is 69.1 cm³/mol. The summed E-state index contributed by atoms with van der Waals surface area (Å²) in [6.07, 6.45) is 1.52. The van der Waals surface area contributed by atoms with Crippen LogP contribution < -0.4 is 11.1 Å². The zero-order valence-corrected chi connectivity index (χ0v) is 10.6. The minimum Gasteiger partial charge on any atom is -0.507 e. The van der Waals surface area contributed by atoms with Crippen molar-refractivity contribution in [3.63, 3.8) is 0 Å². The van der Waals surface area contributed by atoms with E-state index >= 15 is 0 Å². The van der Waals surface area contributed by atoms with Crippen molar-refractivity contribution in [2.75, 3.05) is 5.32 Å². The van der Waals surface area contributed by atoms with Crippen LogP contribution in [0.4, 0.5) is 5.69 Å². The van der Waals surface area contributed by atoms with E-state index in [1.165, 1.54) is 0 Å². The maximum atomic E-state index is 11.7. The number of carbonyl (C=O) groups excluding carboxylic acids is 1. The molecular weight excluding hydrogens is 216 g/mol. The lowest BCUT2D eigenvalue weighted by atomic mass is 10.1. The number of carbonyl (C=O) groups is 1. The van der Waals surface area contributed by atoms with Gasteiger partial charge in [0.05, 0.1) is 6.04 Å². The second-order valence-corrected chi connectivity index (χ2v) is 4.29. The van der Waals surface area contributed by atoms with Gasteiger partial charge in [-0.15, -0.1) is 0 Å². The molecule has 0 saturated carbocycles. The molecule has 1 aromatic rings. The number of hydrogen-bond acceptors (Lipinski definition) is 3. The normalized spacial score (nSPS) is 12.2. The summed E-state index contributed by atoms with van der Waals surface area (Å²) >= 11 is 0. The summed E-state index contributed by atoms with van der Waals surface area (Å²) < 4.78 is 0. The molecule has 0 aliphatic heterocycles. The molecule has 17 heavy (non-hydrogen) atoms. The first-order chi connectivity index (χ1) is 7.97. The minimum absolute atomic E-state index is 0.210. The Bertz CT molecular complexity index is 416. The molecule has 1 aromatic carbocycles. The van der Waals surface area contributed by atoms with Gasteiger partial charge in [0.2, 0.25) is 5.91 Å². The predicted octanol–water partition coefficient (Wildman–Crippen LogP) is 2.07. The van der Waals surface area contributed by atoms with Gasteiger partial charge < -0.3 is 16.2 Å². The molecule has 1 atom stereocenters. The summed E-state index contributed by atoms with van der Waals surface area (Å²) in [5, 5.41) is 12.5. The van der Waals surface area contributed by atoms with Crippen LogP contribution in [-0.2, 0) is 4.79 Å². The molecule has 0 saturated heterocycles. The van der Waals surface area contributed by atoms with E-state index in [-0.39, 0.29) is 11.7 Å². The van der Waals surface area contributed by atoms with Crippen molar-refractivity contribution < 1.29 is 9.90 Å². The molecule has 0 radical (unpaired) electrons. The first kappa shape index (κ1) is 13.5. The lowest BCUT2D eigenvalue weighted by molar-refractivity contribution is -0.117. The number of aromatic hydroxyl groups is 1. The Hall–Kier alpha value is -1.55. The number of anilines is 1. The molecule has 0 spiro atoms. The fourth-order valence-electron chi connectivity index (χ4n) is 1.64. The number of nitrogens with two attached hydrogens (primary N) is 1. The lowest BCUT2D eigenvalue weighted by Crippen LogP contribution is -2.35. The first-order valence-electron chi connectivity index (χ1n) is 5.83. The Balaban J connectivity index is 2.82. The second-order valence-electron chi connectivity index (χ2n) is 4.29. The lowest BCUT2D eigenvalue weighted by Gasteiger charge is -2.14. The average Bonchev–Trinajstić information content (AvgIpc) is 2.30.